The highest BCUT2D eigenvalue weighted by Gasteiger charge is 2.39. The van der Waals surface area contributed by atoms with E-state index in [1.807, 2.05) is 32.0 Å². The van der Waals surface area contributed by atoms with Gasteiger partial charge in [0.2, 0.25) is 0 Å². The summed E-state index contributed by atoms with van der Waals surface area (Å²) in [4.78, 5) is 18.3. The molecule has 0 atom stereocenters. The molecule has 2 heterocycles. The molecule has 1 aromatic heterocycles. The molecule has 1 aliphatic heterocycles. The van der Waals surface area contributed by atoms with E-state index in [1.165, 1.54) is 6.08 Å². The van der Waals surface area contributed by atoms with Crippen LogP contribution >= 0.6 is 11.6 Å². The van der Waals surface area contributed by atoms with Gasteiger partial charge in [-0.25, -0.2) is 4.39 Å². The van der Waals surface area contributed by atoms with Gasteiger partial charge in [0.05, 0.1) is 16.1 Å². The molecule has 1 fully saturated rings. The van der Waals surface area contributed by atoms with E-state index in [2.05, 4.69) is 9.88 Å². The standard InChI is InChI=1S/C25H28ClFN2O2/c1-16-4-3-5-18(23(16)26)12-21(27)22-13-17-8-11-29(15-19(17)14-28-22)20-6-9-25(2,10-7-20)24(30)31/h3-5,12-14,20H,6-11,15H2,1-2H3,(H,30,31)/b21-12-/t20-,25-. The Kier molecular flexibility index (Phi) is 6.18. The van der Waals surface area contributed by atoms with Crippen LogP contribution in [0, 0.1) is 12.3 Å². The second-order valence-corrected chi connectivity index (χ2v) is 9.50. The third-order valence-corrected chi connectivity index (χ3v) is 7.48. The molecule has 0 unspecified atom stereocenters. The quantitative estimate of drug-likeness (QED) is 0.640. The van der Waals surface area contributed by atoms with Gasteiger partial charge in [-0.15, -0.1) is 0 Å². The molecule has 4 nitrogen and oxygen atoms in total. The van der Waals surface area contributed by atoms with Crippen molar-refractivity contribution >= 4 is 29.5 Å². The summed E-state index contributed by atoms with van der Waals surface area (Å²) in [6.07, 6.45) is 7.30. The number of hydrogen-bond acceptors (Lipinski definition) is 3. The van der Waals surface area contributed by atoms with Crippen molar-refractivity contribution in [2.24, 2.45) is 5.41 Å². The van der Waals surface area contributed by atoms with E-state index < -0.39 is 17.2 Å². The molecular formula is C25H28ClFN2O2. The predicted octanol–water partition coefficient (Wildman–Crippen LogP) is 5.90. The highest BCUT2D eigenvalue weighted by atomic mass is 35.5. The molecule has 0 bridgehead atoms. The molecule has 0 radical (unpaired) electrons. The fourth-order valence-corrected chi connectivity index (χ4v) is 4.90. The van der Waals surface area contributed by atoms with Crippen molar-refractivity contribution in [1.29, 1.82) is 0 Å². The van der Waals surface area contributed by atoms with Crippen LogP contribution in [0.15, 0.2) is 30.5 Å². The lowest BCUT2D eigenvalue weighted by Crippen LogP contribution is -2.44. The smallest absolute Gasteiger partial charge is 0.309 e. The van der Waals surface area contributed by atoms with Crippen molar-refractivity contribution in [2.75, 3.05) is 6.54 Å². The van der Waals surface area contributed by atoms with E-state index in [9.17, 15) is 14.3 Å². The molecule has 2 aromatic rings. The van der Waals surface area contributed by atoms with E-state index in [4.69, 9.17) is 11.6 Å². The Labute approximate surface area is 187 Å². The number of rotatable bonds is 4. The molecule has 31 heavy (non-hydrogen) atoms. The van der Waals surface area contributed by atoms with Crippen molar-refractivity contribution in [1.82, 2.24) is 9.88 Å². The number of aromatic nitrogens is 1. The van der Waals surface area contributed by atoms with E-state index >= 15 is 0 Å². The molecule has 6 heteroatoms. The largest absolute Gasteiger partial charge is 0.481 e. The van der Waals surface area contributed by atoms with Crippen molar-refractivity contribution < 1.29 is 14.3 Å². The van der Waals surface area contributed by atoms with Crippen LogP contribution in [0.2, 0.25) is 5.02 Å². The number of aryl methyl sites for hydroxylation is 1. The second kappa shape index (κ2) is 8.71. The monoisotopic (exact) mass is 442 g/mol. The summed E-state index contributed by atoms with van der Waals surface area (Å²) >= 11 is 6.30. The van der Waals surface area contributed by atoms with Gasteiger partial charge in [0.15, 0.2) is 0 Å². The van der Waals surface area contributed by atoms with Crippen molar-refractivity contribution in [3.8, 4) is 0 Å². The molecule has 1 N–H and O–H groups in total. The van der Waals surface area contributed by atoms with Crippen LogP contribution in [0.5, 0.6) is 0 Å². The molecule has 0 saturated heterocycles. The predicted molar refractivity (Wildman–Crippen MR) is 122 cm³/mol. The van der Waals surface area contributed by atoms with Crippen molar-refractivity contribution in [3.05, 3.63) is 63.4 Å². The van der Waals surface area contributed by atoms with E-state index in [-0.39, 0.29) is 0 Å². The van der Waals surface area contributed by atoms with Gasteiger partial charge in [-0.1, -0.05) is 29.8 Å². The zero-order chi connectivity index (χ0) is 22.2. The van der Waals surface area contributed by atoms with Gasteiger partial charge < -0.3 is 5.11 Å². The zero-order valence-corrected chi connectivity index (χ0v) is 18.8. The molecule has 1 saturated carbocycles. The Morgan fingerprint density at radius 3 is 2.77 bits per heavy atom. The number of nitrogens with zero attached hydrogens (tertiary/aromatic N) is 2. The lowest BCUT2D eigenvalue weighted by molar-refractivity contribution is -0.150. The average Bonchev–Trinajstić information content (AvgIpc) is 2.76. The fraction of sp³-hybridized carbons (Fsp3) is 0.440. The first-order valence-corrected chi connectivity index (χ1v) is 11.2. The molecule has 1 aromatic carbocycles. The Bertz CT molecular complexity index is 1030. The number of pyridine rings is 1. The van der Waals surface area contributed by atoms with Gasteiger partial charge in [0.25, 0.3) is 0 Å². The SMILES string of the molecule is Cc1cccc(/C=C(\F)c2cc3c(cn2)CN([C@H]2CC[C@](C)(C(=O)O)CC2)CC3)c1Cl. The molecule has 4 rings (SSSR count). The number of carboxylic acid groups (broad SMARTS) is 1. The fourth-order valence-electron chi connectivity index (χ4n) is 4.72. The summed E-state index contributed by atoms with van der Waals surface area (Å²) in [7, 11) is 0. The number of benzene rings is 1. The molecule has 2 aliphatic rings. The topological polar surface area (TPSA) is 53.4 Å². The van der Waals surface area contributed by atoms with Gasteiger partial charge in [-0.3, -0.25) is 14.7 Å². The maximum absolute atomic E-state index is 14.9. The average molecular weight is 443 g/mol. The van der Waals surface area contributed by atoms with Crippen molar-refractivity contribution in [2.45, 2.75) is 58.5 Å². The summed E-state index contributed by atoms with van der Waals surface area (Å²) in [6.45, 7) is 5.44. The number of fused-ring (bicyclic) bond motifs is 1. The molecular weight excluding hydrogens is 415 g/mol. The van der Waals surface area contributed by atoms with Gasteiger partial charge in [-0.05, 0) is 80.3 Å². The maximum atomic E-state index is 14.9. The number of hydrogen-bond donors (Lipinski definition) is 1. The second-order valence-electron chi connectivity index (χ2n) is 9.13. The Hall–Kier alpha value is -2.24. The van der Waals surface area contributed by atoms with Crippen LogP contribution in [0.4, 0.5) is 4.39 Å². The van der Waals surface area contributed by atoms with Gasteiger partial charge in [0.1, 0.15) is 5.83 Å². The number of carbonyl (C=O) groups is 1. The van der Waals surface area contributed by atoms with Crippen LogP contribution in [-0.2, 0) is 17.8 Å². The lowest BCUT2D eigenvalue weighted by Gasteiger charge is -2.41. The first-order chi connectivity index (χ1) is 14.8. The number of carboxylic acids is 1. The molecule has 1 aliphatic carbocycles. The highest BCUT2D eigenvalue weighted by Crippen LogP contribution is 2.39. The lowest BCUT2D eigenvalue weighted by atomic mass is 9.73. The minimum atomic E-state index is -0.686. The minimum absolute atomic E-state index is 0.333. The first kappa shape index (κ1) is 22.0. The Morgan fingerprint density at radius 1 is 1.32 bits per heavy atom. The zero-order valence-electron chi connectivity index (χ0n) is 18.0. The van der Waals surface area contributed by atoms with Crippen LogP contribution in [0.25, 0.3) is 11.9 Å². The third-order valence-electron chi connectivity index (χ3n) is 6.96. The van der Waals surface area contributed by atoms with E-state index in [0.29, 0.717) is 35.2 Å². The summed E-state index contributed by atoms with van der Waals surface area (Å²) < 4.78 is 14.9. The summed E-state index contributed by atoms with van der Waals surface area (Å²) in [6, 6.07) is 7.81. The summed E-state index contributed by atoms with van der Waals surface area (Å²) in [5.41, 5.74) is 3.56. The molecule has 0 amide bonds. The number of halogens is 2. The summed E-state index contributed by atoms with van der Waals surface area (Å²) in [5.74, 6) is -1.08. The van der Waals surface area contributed by atoms with E-state index in [0.717, 1.165) is 49.0 Å². The number of aliphatic carboxylic acids is 1. The highest BCUT2D eigenvalue weighted by molar-refractivity contribution is 6.33. The Morgan fingerprint density at radius 2 is 2.06 bits per heavy atom. The molecule has 164 valence electrons. The van der Waals surface area contributed by atoms with Gasteiger partial charge >= 0.3 is 5.97 Å². The minimum Gasteiger partial charge on any atom is -0.481 e. The van der Waals surface area contributed by atoms with Crippen LogP contribution in [0.1, 0.15) is 60.6 Å². The molecule has 0 spiro atoms. The van der Waals surface area contributed by atoms with Crippen molar-refractivity contribution in [3.63, 3.8) is 0 Å². The van der Waals surface area contributed by atoms with E-state index in [1.54, 1.807) is 12.3 Å². The first-order valence-electron chi connectivity index (χ1n) is 10.8. The van der Waals surface area contributed by atoms with Gasteiger partial charge in [-0.2, -0.15) is 0 Å². The summed E-state index contributed by atoms with van der Waals surface area (Å²) in [5, 5.41) is 10.0. The van der Waals surface area contributed by atoms with Crippen LogP contribution in [0.3, 0.4) is 0 Å². The maximum Gasteiger partial charge on any atom is 0.309 e. The third kappa shape index (κ3) is 4.53. The van der Waals surface area contributed by atoms with Crippen LogP contribution in [-0.4, -0.2) is 33.5 Å². The Balaban J connectivity index is 1.46. The normalized spacial score (nSPS) is 24.6. The van der Waals surface area contributed by atoms with Gasteiger partial charge in [0, 0.05) is 25.3 Å². The van der Waals surface area contributed by atoms with Crippen LogP contribution < -0.4 is 0 Å².